The Kier molecular flexibility index (Phi) is 3.96. The number of hydrogen-bond acceptors (Lipinski definition) is 2. The number of ether oxygens (including phenoxy) is 1. The van der Waals surface area contributed by atoms with Crippen molar-refractivity contribution in [2.24, 2.45) is 0 Å². The number of carbonyl (C=O) groups excluding carboxylic acids is 1. The summed E-state index contributed by atoms with van der Waals surface area (Å²) in [5.74, 6) is 0.1000. The number of benzene rings is 2. The second-order valence-corrected chi connectivity index (χ2v) is 5.64. The van der Waals surface area contributed by atoms with E-state index in [0.29, 0.717) is 13.2 Å². The molecular formula is C19H19NO2. The number of nitrogens with one attached hydrogen (secondary N) is 1. The highest BCUT2D eigenvalue weighted by atomic mass is 16.5. The van der Waals surface area contributed by atoms with Gasteiger partial charge in [-0.15, -0.1) is 0 Å². The predicted molar refractivity (Wildman–Crippen MR) is 87.9 cm³/mol. The van der Waals surface area contributed by atoms with Gasteiger partial charge in [-0.2, -0.15) is 0 Å². The number of fused-ring (bicyclic) bond motifs is 3. The Labute approximate surface area is 130 Å². The molecular weight excluding hydrogens is 274 g/mol. The molecule has 1 amide bonds. The van der Waals surface area contributed by atoms with E-state index in [2.05, 4.69) is 36.2 Å². The highest BCUT2D eigenvalue weighted by molar-refractivity contribution is 5.79. The molecule has 0 saturated carbocycles. The number of rotatable bonds is 4. The first-order chi connectivity index (χ1) is 10.7. The summed E-state index contributed by atoms with van der Waals surface area (Å²) in [6, 6.07) is 16.6. The van der Waals surface area contributed by atoms with Crippen molar-refractivity contribution < 1.29 is 9.53 Å². The molecule has 2 aromatic rings. The largest absolute Gasteiger partial charge is 0.449 e. The van der Waals surface area contributed by atoms with Crippen LogP contribution in [-0.2, 0) is 4.74 Å². The van der Waals surface area contributed by atoms with E-state index in [4.69, 9.17) is 4.74 Å². The molecule has 0 bridgehead atoms. The summed E-state index contributed by atoms with van der Waals surface area (Å²) >= 11 is 0. The average Bonchev–Trinajstić information content (AvgIpc) is 2.85. The first-order valence-corrected chi connectivity index (χ1v) is 7.40. The van der Waals surface area contributed by atoms with E-state index < -0.39 is 6.09 Å². The van der Waals surface area contributed by atoms with Crippen molar-refractivity contribution in [2.75, 3.05) is 13.2 Å². The van der Waals surface area contributed by atoms with Gasteiger partial charge in [0.1, 0.15) is 6.61 Å². The first-order valence-electron chi connectivity index (χ1n) is 7.40. The van der Waals surface area contributed by atoms with Gasteiger partial charge < -0.3 is 10.1 Å². The zero-order valence-electron chi connectivity index (χ0n) is 12.6. The van der Waals surface area contributed by atoms with Crippen LogP contribution in [-0.4, -0.2) is 19.2 Å². The molecule has 0 fully saturated rings. The molecule has 0 radical (unpaired) electrons. The lowest BCUT2D eigenvalue weighted by molar-refractivity contribution is 0.144. The fourth-order valence-electron chi connectivity index (χ4n) is 2.87. The monoisotopic (exact) mass is 293 g/mol. The summed E-state index contributed by atoms with van der Waals surface area (Å²) in [7, 11) is 0. The standard InChI is InChI=1S/C19H19NO2/c1-13(2)11-20-19(21)22-12-18-16-9-5-3-7-14(16)15-8-4-6-10-17(15)18/h3-10,18H,1,11-12H2,2H3,(H,20,21). The van der Waals surface area contributed by atoms with Gasteiger partial charge in [-0.25, -0.2) is 4.79 Å². The lowest BCUT2D eigenvalue weighted by Gasteiger charge is -2.14. The van der Waals surface area contributed by atoms with Crippen molar-refractivity contribution in [3.05, 3.63) is 71.8 Å². The predicted octanol–water partition coefficient (Wildman–Crippen LogP) is 4.10. The molecule has 1 aliphatic rings. The maximum Gasteiger partial charge on any atom is 0.407 e. The molecule has 2 aromatic carbocycles. The molecule has 0 heterocycles. The van der Waals surface area contributed by atoms with E-state index in [1.54, 1.807) is 0 Å². The fourth-order valence-corrected chi connectivity index (χ4v) is 2.87. The first kappa shape index (κ1) is 14.4. The van der Waals surface area contributed by atoms with Gasteiger partial charge >= 0.3 is 6.09 Å². The molecule has 0 atom stereocenters. The molecule has 0 aromatic heterocycles. The lowest BCUT2D eigenvalue weighted by Crippen LogP contribution is -2.27. The van der Waals surface area contributed by atoms with Gasteiger partial charge in [0.05, 0.1) is 0 Å². The molecule has 1 aliphatic carbocycles. The summed E-state index contributed by atoms with van der Waals surface area (Å²) in [6.07, 6.45) is -0.398. The highest BCUT2D eigenvalue weighted by Gasteiger charge is 2.28. The van der Waals surface area contributed by atoms with Gasteiger partial charge in [0.15, 0.2) is 0 Å². The zero-order valence-corrected chi connectivity index (χ0v) is 12.6. The topological polar surface area (TPSA) is 38.3 Å². The number of hydrogen-bond donors (Lipinski definition) is 1. The van der Waals surface area contributed by atoms with Gasteiger partial charge in [0, 0.05) is 12.5 Å². The number of amides is 1. The molecule has 0 aliphatic heterocycles. The Morgan fingerprint density at radius 1 is 1.09 bits per heavy atom. The third kappa shape index (κ3) is 2.75. The SMILES string of the molecule is C=C(C)CNC(=O)OCC1c2ccccc2-c2ccccc21. The molecule has 3 heteroatoms. The van der Waals surface area contributed by atoms with Crippen LogP contribution in [0.3, 0.4) is 0 Å². The van der Waals surface area contributed by atoms with Crippen molar-refractivity contribution in [2.45, 2.75) is 12.8 Å². The summed E-state index contributed by atoms with van der Waals surface area (Å²) in [5, 5.41) is 2.69. The van der Waals surface area contributed by atoms with Gasteiger partial charge in [0.25, 0.3) is 0 Å². The second-order valence-electron chi connectivity index (χ2n) is 5.64. The Morgan fingerprint density at radius 2 is 1.64 bits per heavy atom. The third-order valence-electron chi connectivity index (χ3n) is 3.88. The number of alkyl carbamates (subject to hydrolysis) is 1. The zero-order chi connectivity index (χ0) is 15.5. The van der Waals surface area contributed by atoms with Gasteiger partial charge in [-0.05, 0) is 29.2 Å². The summed E-state index contributed by atoms with van der Waals surface area (Å²) in [5.41, 5.74) is 5.80. The molecule has 3 nitrogen and oxygen atoms in total. The molecule has 0 unspecified atom stereocenters. The van der Waals surface area contributed by atoms with E-state index in [9.17, 15) is 4.79 Å². The van der Waals surface area contributed by atoms with E-state index in [0.717, 1.165) is 5.57 Å². The summed E-state index contributed by atoms with van der Waals surface area (Å²) in [4.78, 5) is 11.8. The van der Waals surface area contributed by atoms with Gasteiger partial charge in [0.2, 0.25) is 0 Å². The fraction of sp³-hybridized carbons (Fsp3) is 0.211. The average molecular weight is 293 g/mol. The van der Waals surface area contributed by atoms with Gasteiger partial charge in [-0.1, -0.05) is 60.7 Å². The quantitative estimate of drug-likeness (QED) is 0.862. The minimum atomic E-state index is -0.398. The Balaban J connectivity index is 1.77. The van der Waals surface area contributed by atoms with Crippen LogP contribution in [0.5, 0.6) is 0 Å². The molecule has 0 spiro atoms. The van der Waals surface area contributed by atoms with Crippen molar-refractivity contribution in [3.8, 4) is 11.1 Å². The van der Waals surface area contributed by atoms with E-state index in [-0.39, 0.29) is 5.92 Å². The molecule has 112 valence electrons. The van der Waals surface area contributed by atoms with Crippen LogP contribution in [0.2, 0.25) is 0 Å². The molecule has 1 N–H and O–H groups in total. The van der Waals surface area contributed by atoms with E-state index >= 15 is 0 Å². The Morgan fingerprint density at radius 3 is 2.18 bits per heavy atom. The lowest BCUT2D eigenvalue weighted by atomic mass is 9.98. The van der Waals surface area contributed by atoms with Crippen molar-refractivity contribution in [3.63, 3.8) is 0 Å². The summed E-state index contributed by atoms with van der Waals surface area (Å²) < 4.78 is 5.40. The minimum absolute atomic E-state index is 0.1000. The van der Waals surface area contributed by atoms with Crippen LogP contribution < -0.4 is 5.32 Å². The normalized spacial score (nSPS) is 12.4. The van der Waals surface area contributed by atoms with Crippen LogP contribution in [0.25, 0.3) is 11.1 Å². The van der Waals surface area contributed by atoms with E-state index in [1.807, 2.05) is 31.2 Å². The van der Waals surface area contributed by atoms with E-state index in [1.165, 1.54) is 22.3 Å². The third-order valence-corrected chi connectivity index (χ3v) is 3.88. The maximum atomic E-state index is 11.8. The molecule has 0 saturated heterocycles. The second kappa shape index (κ2) is 6.06. The summed E-state index contributed by atoms with van der Waals surface area (Å²) in [6.45, 7) is 6.40. The van der Waals surface area contributed by atoms with Crippen LogP contribution in [0.4, 0.5) is 4.79 Å². The highest BCUT2D eigenvalue weighted by Crippen LogP contribution is 2.44. The van der Waals surface area contributed by atoms with Gasteiger partial charge in [-0.3, -0.25) is 0 Å². The Hall–Kier alpha value is -2.55. The Bertz CT molecular complexity index is 675. The van der Waals surface area contributed by atoms with Crippen molar-refractivity contribution in [1.82, 2.24) is 5.32 Å². The minimum Gasteiger partial charge on any atom is -0.449 e. The molecule has 22 heavy (non-hydrogen) atoms. The number of carbonyl (C=O) groups is 1. The van der Waals surface area contributed by atoms with Crippen molar-refractivity contribution in [1.29, 1.82) is 0 Å². The van der Waals surface area contributed by atoms with Crippen molar-refractivity contribution >= 4 is 6.09 Å². The maximum absolute atomic E-state index is 11.8. The smallest absolute Gasteiger partial charge is 0.407 e. The van der Waals surface area contributed by atoms with Crippen LogP contribution in [0, 0.1) is 0 Å². The van der Waals surface area contributed by atoms with Crippen LogP contribution in [0.15, 0.2) is 60.7 Å². The van der Waals surface area contributed by atoms with Crippen LogP contribution in [0.1, 0.15) is 24.0 Å². The van der Waals surface area contributed by atoms with Crippen LogP contribution >= 0.6 is 0 Å². The molecule has 3 rings (SSSR count).